The highest BCUT2D eigenvalue weighted by atomic mass is 16.4. The van der Waals surface area contributed by atoms with Crippen molar-refractivity contribution in [3.8, 4) is 0 Å². The van der Waals surface area contributed by atoms with Gasteiger partial charge in [-0.25, -0.2) is 0 Å². The molecule has 1 amide bonds. The van der Waals surface area contributed by atoms with Crippen LogP contribution >= 0.6 is 0 Å². The lowest BCUT2D eigenvalue weighted by Crippen LogP contribution is -2.45. The van der Waals surface area contributed by atoms with E-state index in [2.05, 4.69) is 12.2 Å². The zero-order valence-corrected chi connectivity index (χ0v) is 12.5. The third-order valence-electron chi connectivity index (χ3n) is 4.83. The van der Waals surface area contributed by atoms with E-state index in [0.29, 0.717) is 31.6 Å². The van der Waals surface area contributed by atoms with Crippen LogP contribution in [0, 0.1) is 17.8 Å². The molecule has 1 aliphatic carbocycles. The first kappa shape index (κ1) is 15.3. The van der Waals surface area contributed by atoms with Gasteiger partial charge in [-0.15, -0.1) is 0 Å². The minimum absolute atomic E-state index is 0.0435. The van der Waals surface area contributed by atoms with Crippen LogP contribution in [0.15, 0.2) is 0 Å². The van der Waals surface area contributed by atoms with Crippen LogP contribution in [0.3, 0.4) is 0 Å². The molecule has 2 fully saturated rings. The molecule has 2 aliphatic rings. The number of aliphatic carboxylic acids is 1. The van der Waals surface area contributed by atoms with Crippen LogP contribution in [0.2, 0.25) is 0 Å². The number of nitrogens with zero attached hydrogens (tertiary/aromatic N) is 1. The van der Waals surface area contributed by atoms with E-state index in [-0.39, 0.29) is 17.7 Å². The largest absolute Gasteiger partial charge is 0.481 e. The first-order valence-electron chi connectivity index (χ1n) is 7.72. The second-order valence-corrected chi connectivity index (χ2v) is 6.55. The maximum absolute atomic E-state index is 12.1. The van der Waals surface area contributed by atoms with Gasteiger partial charge in [0.05, 0.1) is 12.5 Å². The number of nitrogens with one attached hydrogen (secondary N) is 1. The van der Waals surface area contributed by atoms with Crippen LogP contribution in [0.1, 0.15) is 39.5 Å². The molecule has 1 saturated carbocycles. The van der Waals surface area contributed by atoms with Gasteiger partial charge in [-0.2, -0.15) is 0 Å². The Morgan fingerprint density at radius 2 is 1.85 bits per heavy atom. The molecule has 5 nitrogen and oxygen atoms in total. The van der Waals surface area contributed by atoms with Gasteiger partial charge in [0.1, 0.15) is 0 Å². The summed E-state index contributed by atoms with van der Waals surface area (Å²) in [6.45, 7) is 5.66. The molecule has 5 heteroatoms. The third kappa shape index (κ3) is 3.72. The Morgan fingerprint density at radius 3 is 2.45 bits per heavy atom. The fourth-order valence-corrected chi connectivity index (χ4v) is 3.50. The number of rotatable bonds is 4. The van der Waals surface area contributed by atoms with Crippen molar-refractivity contribution >= 4 is 11.9 Å². The number of amides is 1. The SMILES string of the molecule is CC1CCCCC1NC(=O)CN1CC(C)C(C(=O)O)C1. The van der Waals surface area contributed by atoms with E-state index < -0.39 is 5.97 Å². The van der Waals surface area contributed by atoms with Crippen LogP contribution < -0.4 is 5.32 Å². The number of carbonyl (C=O) groups excluding carboxylic acids is 1. The van der Waals surface area contributed by atoms with Gasteiger partial charge in [-0.05, 0) is 24.7 Å². The Bertz CT molecular complexity index is 372. The number of hydrogen-bond acceptors (Lipinski definition) is 3. The minimum Gasteiger partial charge on any atom is -0.481 e. The van der Waals surface area contributed by atoms with E-state index in [9.17, 15) is 9.59 Å². The van der Waals surface area contributed by atoms with Crippen molar-refractivity contribution < 1.29 is 14.7 Å². The number of hydrogen-bond donors (Lipinski definition) is 2. The lowest BCUT2D eigenvalue weighted by atomic mass is 9.86. The van der Waals surface area contributed by atoms with Crippen LogP contribution in [0.5, 0.6) is 0 Å². The molecule has 1 heterocycles. The average molecular weight is 282 g/mol. The minimum atomic E-state index is -0.749. The molecular weight excluding hydrogens is 256 g/mol. The van der Waals surface area contributed by atoms with Crippen LogP contribution in [-0.2, 0) is 9.59 Å². The van der Waals surface area contributed by atoms with E-state index in [1.807, 2.05) is 11.8 Å². The highest BCUT2D eigenvalue weighted by Crippen LogP contribution is 2.25. The maximum Gasteiger partial charge on any atom is 0.308 e. The molecule has 0 aromatic heterocycles. The summed E-state index contributed by atoms with van der Waals surface area (Å²) in [4.78, 5) is 25.1. The van der Waals surface area contributed by atoms with Crippen molar-refractivity contribution in [2.24, 2.45) is 17.8 Å². The lowest BCUT2D eigenvalue weighted by molar-refractivity contribution is -0.142. The second-order valence-electron chi connectivity index (χ2n) is 6.55. The second kappa shape index (κ2) is 6.57. The topological polar surface area (TPSA) is 69.6 Å². The van der Waals surface area contributed by atoms with Crippen LogP contribution in [0.25, 0.3) is 0 Å². The Morgan fingerprint density at radius 1 is 1.15 bits per heavy atom. The molecule has 1 saturated heterocycles. The van der Waals surface area contributed by atoms with Crippen molar-refractivity contribution in [1.29, 1.82) is 0 Å². The van der Waals surface area contributed by atoms with E-state index >= 15 is 0 Å². The molecule has 0 bridgehead atoms. The van der Waals surface area contributed by atoms with Gasteiger partial charge < -0.3 is 10.4 Å². The molecule has 4 atom stereocenters. The van der Waals surface area contributed by atoms with Crippen molar-refractivity contribution in [2.45, 2.75) is 45.6 Å². The molecule has 0 radical (unpaired) electrons. The first-order chi connectivity index (χ1) is 9.47. The fourth-order valence-electron chi connectivity index (χ4n) is 3.50. The normalized spacial score (nSPS) is 34.9. The zero-order valence-electron chi connectivity index (χ0n) is 12.5. The van der Waals surface area contributed by atoms with E-state index in [1.54, 1.807) is 0 Å². The summed E-state index contributed by atoms with van der Waals surface area (Å²) in [6.07, 6.45) is 4.71. The Kier molecular flexibility index (Phi) is 5.02. The number of carboxylic acids is 1. The van der Waals surface area contributed by atoms with Crippen molar-refractivity contribution in [2.75, 3.05) is 19.6 Å². The van der Waals surface area contributed by atoms with E-state index in [4.69, 9.17) is 5.11 Å². The van der Waals surface area contributed by atoms with Crippen LogP contribution in [0.4, 0.5) is 0 Å². The van der Waals surface area contributed by atoms with Gasteiger partial charge >= 0.3 is 5.97 Å². The standard InChI is InChI=1S/C15H26N2O3/c1-10-5-3-4-6-13(10)16-14(18)9-17-7-11(2)12(8-17)15(19)20/h10-13H,3-9H2,1-2H3,(H,16,18)(H,19,20). The summed E-state index contributed by atoms with van der Waals surface area (Å²) >= 11 is 0. The molecule has 114 valence electrons. The van der Waals surface area contributed by atoms with Gasteiger partial charge in [0.25, 0.3) is 0 Å². The fraction of sp³-hybridized carbons (Fsp3) is 0.867. The lowest BCUT2D eigenvalue weighted by Gasteiger charge is -2.30. The smallest absolute Gasteiger partial charge is 0.308 e. The molecule has 20 heavy (non-hydrogen) atoms. The van der Waals surface area contributed by atoms with Gasteiger partial charge in [0.15, 0.2) is 0 Å². The molecule has 2 rings (SSSR count). The molecule has 0 spiro atoms. The zero-order chi connectivity index (χ0) is 14.7. The van der Waals surface area contributed by atoms with Gasteiger partial charge in [0.2, 0.25) is 5.91 Å². The highest BCUT2D eigenvalue weighted by molar-refractivity contribution is 5.78. The summed E-state index contributed by atoms with van der Waals surface area (Å²) in [5.41, 5.74) is 0. The van der Waals surface area contributed by atoms with Crippen molar-refractivity contribution in [1.82, 2.24) is 10.2 Å². The molecule has 0 aromatic rings. The number of likely N-dealkylation sites (tertiary alicyclic amines) is 1. The summed E-state index contributed by atoms with van der Waals surface area (Å²) in [5, 5.41) is 12.2. The van der Waals surface area contributed by atoms with Crippen molar-refractivity contribution in [3.05, 3.63) is 0 Å². The summed E-state index contributed by atoms with van der Waals surface area (Å²) in [5.74, 6) is -0.370. The summed E-state index contributed by atoms with van der Waals surface area (Å²) in [7, 11) is 0. The molecule has 2 N–H and O–H groups in total. The molecule has 4 unspecified atom stereocenters. The van der Waals surface area contributed by atoms with E-state index in [0.717, 1.165) is 6.42 Å². The first-order valence-corrected chi connectivity index (χ1v) is 7.72. The predicted molar refractivity (Wildman–Crippen MR) is 76.3 cm³/mol. The molecular formula is C15H26N2O3. The summed E-state index contributed by atoms with van der Waals surface area (Å²) in [6, 6.07) is 0.298. The van der Waals surface area contributed by atoms with Gasteiger partial charge in [-0.3, -0.25) is 14.5 Å². The molecule has 1 aliphatic heterocycles. The van der Waals surface area contributed by atoms with Gasteiger partial charge in [-0.1, -0.05) is 26.7 Å². The quantitative estimate of drug-likeness (QED) is 0.816. The number of carbonyl (C=O) groups is 2. The highest BCUT2D eigenvalue weighted by Gasteiger charge is 2.35. The predicted octanol–water partition coefficient (Wildman–Crippen LogP) is 1.33. The third-order valence-corrected chi connectivity index (χ3v) is 4.83. The Balaban J connectivity index is 1.79. The molecule has 0 aromatic carbocycles. The Hall–Kier alpha value is -1.10. The maximum atomic E-state index is 12.1. The van der Waals surface area contributed by atoms with Crippen molar-refractivity contribution in [3.63, 3.8) is 0 Å². The summed E-state index contributed by atoms with van der Waals surface area (Å²) < 4.78 is 0. The average Bonchev–Trinajstić information content (AvgIpc) is 2.73. The Labute approximate surface area is 120 Å². The van der Waals surface area contributed by atoms with Crippen LogP contribution in [-0.4, -0.2) is 47.6 Å². The van der Waals surface area contributed by atoms with E-state index in [1.165, 1.54) is 19.3 Å². The monoisotopic (exact) mass is 282 g/mol. The number of carboxylic acid groups (broad SMARTS) is 1. The van der Waals surface area contributed by atoms with Gasteiger partial charge in [0, 0.05) is 19.1 Å².